The first kappa shape index (κ1) is 13.9. The quantitative estimate of drug-likeness (QED) is 0.856. The Morgan fingerprint density at radius 3 is 2.71 bits per heavy atom. The molecule has 0 spiro atoms. The third-order valence-electron chi connectivity index (χ3n) is 3.92. The normalized spacial score (nSPS) is 15.7. The van der Waals surface area contributed by atoms with E-state index in [0.29, 0.717) is 12.6 Å². The third-order valence-corrected chi connectivity index (χ3v) is 3.92. The lowest BCUT2D eigenvalue weighted by atomic mass is 10.1. The highest BCUT2D eigenvalue weighted by atomic mass is 16.1. The zero-order valence-electron chi connectivity index (χ0n) is 12.0. The Morgan fingerprint density at radius 1 is 1.24 bits per heavy atom. The van der Waals surface area contributed by atoms with Gasteiger partial charge in [0.2, 0.25) is 0 Å². The second-order valence-corrected chi connectivity index (χ2v) is 5.59. The maximum Gasteiger partial charge on any atom is 0.267 e. The van der Waals surface area contributed by atoms with Gasteiger partial charge < -0.3 is 15.6 Å². The molecule has 4 heteroatoms. The molecule has 3 rings (SSSR count). The van der Waals surface area contributed by atoms with Crippen molar-refractivity contribution >= 4 is 5.91 Å². The van der Waals surface area contributed by atoms with Gasteiger partial charge in [-0.2, -0.15) is 0 Å². The SMILES string of the molecule is NC(CCNC(=O)c1cccn1C1CC1)c1ccccc1. The number of benzene rings is 1. The maximum absolute atomic E-state index is 12.2. The number of hydrogen-bond acceptors (Lipinski definition) is 2. The zero-order chi connectivity index (χ0) is 14.7. The lowest BCUT2D eigenvalue weighted by molar-refractivity contribution is 0.0943. The summed E-state index contributed by atoms with van der Waals surface area (Å²) in [5.74, 6) is -0.00726. The minimum absolute atomic E-state index is 0.00726. The molecule has 1 unspecified atom stereocenters. The average Bonchev–Trinajstić information content (AvgIpc) is 3.24. The second-order valence-electron chi connectivity index (χ2n) is 5.59. The molecule has 1 aliphatic rings. The first-order valence-electron chi connectivity index (χ1n) is 7.51. The number of carbonyl (C=O) groups excluding carboxylic acids is 1. The van der Waals surface area contributed by atoms with Gasteiger partial charge in [-0.1, -0.05) is 30.3 Å². The molecule has 1 aliphatic carbocycles. The summed E-state index contributed by atoms with van der Waals surface area (Å²) < 4.78 is 2.08. The number of aromatic nitrogens is 1. The predicted molar refractivity (Wildman–Crippen MR) is 83.0 cm³/mol. The van der Waals surface area contributed by atoms with Gasteiger partial charge in [0, 0.05) is 24.8 Å². The smallest absolute Gasteiger partial charge is 0.267 e. The molecule has 4 nitrogen and oxygen atoms in total. The largest absolute Gasteiger partial charge is 0.351 e. The van der Waals surface area contributed by atoms with Crippen LogP contribution in [0.3, 0.4) is 0 Å². The number of amides is 1. The molecule has 1 atom stereocenters. The first-order chi connectivity index (χ1) is 10.3. The summed E-state index contributed by atoms with van der Waals surface area (Å²) >= 11 is 0. The van der Waals surface area contributed by atoms with Crippen LogP contribution in [0.1, 0.15) is 47.4 Å². The summed E-state index contributed by atoms with van der Waals surface area (Å²) in [4.78, 5) is 12.2. The van der Waals surface area contributed by atoms with E-state index in [4.69, 9.17) is 5.73 Å². The standard InChI is InChI=1S/C17H21N3O/c18-15(13-5-2-1-3-6-13)10-11-19-17(21)16-7-4-12-20(16)14-8-9-14/h1-7,12,14-15H,8-11,18H2,(H,19,21). The molecule has 2 aromatic rings. The van der Waals surface area contributed by atoms with E-state index < -0.39 is 0 Å². The molecule has 1 saturated carbocycles. The lowest BCUT2D eigenvalue weighted by Gasteiger charge is -2.13. The summed E-state index contributed by atoms with van der Waals surface area (Å²) in [7, 11) is 0. The van der Waals surface area contributed by atoms with Gasteiger partial charge in [-0.3, -0.25) is 4.79 Å². The summed E-state index contributed by atoms with van der Waals surface area (Å²) in [6.07, 6.45) is 5.07. The van der Waals surface area contributed by atoms with Gasteiger partial charge in [-0.15, -0.1) is 0 Å². The topological polar surface area (TPSA) is 60.0 Å². The van der Waals surface area contributed by atoms with Gasteiger partial charge in [-0.05, 0) is 37.0 Å². The molecule has 1 fully saturated rings. The summed E-state index contributed by atoms with van der Waals surface area (Å²) in [5, 5.41) is 2.97. The van der Waals surface area contributed by atoms with Crippen LogP contribution in [0, 0.1) is 0 Å². The Bertz CT molecular complexity index is 602. The van der Waals surface area contributed by atoms with Crippen molar-refractivity contribution < 1.29 is 4.79 Å². The van der Waals surface area contributed by atoms with Crippen molar-refractivity contribution in [1.82, 2.24) is 9.88 Å². The molecular formula is C17H21N3O. The van der Waals surface area contributed by atoms with Crippen LogP contribution in [-0.2, 0) is 0 Å². The van der Waals surface area contributed by atoms with E-state index in [9.17, 15) is 4.79 Å². The van der Waals surface area contributed by atoms with Crippen LogP contribution in [0.25, 0.3) is 0 Å². The fourth-order valence-electron chi connectivity index (χ4n) is 2.56. The second kappa shape index (κ2) is 6.14. The van der Waals surface area contributed by atoms with Crippen molar-refractivity contribution in [2.45, 2.75) is 31.3 Å². The lowest BCUT2D eigenvalue weighted by Crippen LogP contribution is -2.28. The fourth-order valence-corrected chi connectivity index (χ4v) is 2.56. The van der Waals surface area contributed by atoms with Crippen LogP contribution in [0.15, 0.2) is 48.7 Å². The highest BCUT2D eigenvalue weighted by molar-refractivity contribution is 5.92. The average molecular weight is 283 g/mol. The van der Waals surface area contributed by atoms with E-state index in [-0.39, 0.29) is 11.9 Å². The summed E-state index contributed by atoms with van der Waals surface area (Å²) in [5.41, 5.74) is 7.99. The van der Waals surface area contributed by atoms with E-state index >= 15 is 0 Å². The number of nitrogens with two attached hydrogens (primary N) is 1. The van der Waals surface area contributed by atoms with Gasteiger partial charge in [0.25, 0.3) is 5.91 Å². The summed E-state index contributed by atoms with van der Waals surface area (Å²) in [6, 6.07) is 14.3. The molecule has 1 amide bonds. The molecule has 3 N–H and O–H groups in total. The van der Waals surface area contributed by atoms with Crippen LogP contribution in [0.2, 0.25) is 0 Å². The Kier molecular flexibility index (Phi) is 4.06. The van der Waals surface area contributed by atoms with E-state index in [1.165, 1.54) is 12.8 Å². The highest BCUT2D eigenvalue weighted by Crippen LogP contribution is 2.35. The van der Waals surface area contributed by atoms with Crippen LogP contribution in [0.5, 0.6) is 0 Å². The first-order valence-corrected chi connectivity index (χ1v) is 7.51. The Morgan fingerprint density at radius 2 is 2.00 bits per heavy atom. The Hall–Kier alpha value is -2.07. The molecule has 110 valence electrons. The molecule has 21 heavy (non-hydrogen) atoms. The van der Waals surface area contributed by atoms with Gasteiger partial charge in [-0.25, -0.2) is 0 Å². The third kappa shape index (κ3) is 3.34. The highest BCUT2D eigenvalue weighted by Gasteiger charge is 2.26. The minimum atomic E-state index is -0.0401. The van der Waals surface area contributed by atoms with Crippen molar-refractivity contribution in [2.24, 2.45) is 5.73 Å². The fraction of sp³-hybridized carbons (Fsp3) is 0.353. The number of nitrogens with zero attached hydrogens (tertiary/aromatic N) is 1. The monoisotopic (exact) mass is 283 g/mol. The van der Waals surface area contributed by atoms with Gasteiger partial charge in [0.1, 0.15) is 5.69 Å². The predicted octanol–water partition coefficient (Wildman–Crippen LogP) is 2.64. The molecular weight excluding hydrogens is 262 g/mol. The van der Waals surface area contributed by atoms with Gasteiger partial charge >= 0.3 is 0 Å². The molecule has 1 heterocycles. The molecule has 0 aliphatic heterocycles. The Balaban J connectivity index is 1.51. The van der Waals surface area contributed by atoms with Crippen molar-refractivity contribution in [3.05, 3.63) is 59.9 Å². The number of rotatable bonds is 6. The zero-order valence-corrected chi connectivity index (χ0v) is 12.0. The van der Waals surface area contributed by atoms with Gasteiger partial charge in [0.05, 0.1) is 0 Å². The number of hydrogen-bond donors (Lipinski definition) is 2. The van der Waals surface area contributed by atoms with Crippen LogP contribution >= 0.6 is 0 Å². The van der Waals surface area contributed by atoms with Crippen LogP contribution in [-0.4, -0.2) is 17.0 Å². The Labute approximate surface area is 125 Å². The van der Waals surface area contributed by atoms with Crippen LogP contribution < -0.4 is 11.1 Å². The van der Waals surface area contributed by atoms with E-state index in [1.807, 2.05) is 48.7 Å². The van der Waals surface area contributed by atoms with E-state index in [1.54, 1.807) is 0 Å². The van der Waals surface area contributed by atoms with Crippen molar-refractivity contribution in [3.63, 3.8) is 0 Å². The van der Waals surface area contributed by atoms with Crippen LogP contribution in [0.4, 0.5) is 0 Å². The molecule has 1 aromatic heterocycles. The molecule has 1 aromatic carbocycles. The molecule has 0 radical (unpaired) electrons. The summed E-state index contributed by atoms with van der Waals surface area (Å²) in [6.45, 7) is 0.588. The maximum atomic E-state index is 12.2. The molecule has 0 bridgehead atoms. The number of carbonyl (C=O) groups is 1. The van der Waals surface area contributed by atoms with Crippen molar-refractivity contribution in [2.75, 3.05) is 6.54 Å². The van der Waals surface area contributed by atoms with Gasteiger partial charge in [0.15, 0.2) is 0 Å². The number of nitrogens with one attached hydrogen (secondary N) is 1. The van der Waals surface area contributed by atoms with Crippen molar-refractivity contribution in [1.29, 1.82) is 0 Å². The van der Waals surface area contributed by atoms with E-state index in [0.717, 1.165) is 17.7 Å². The molecule has 0 saturated heterocycles. The van der Waals surface area contributed by atoms with E-state index in [2.05, 4.69) is 9.88 Å². The van der Waals surface area contributed by atoms with Crippen molar-refractivity contribution in [3.8, 4) is 0 Å². The minimum Gasteiger partial charge on any atom is -0.351 e.